The van der Waals surface area contributed by atoms with Crippen LogP contribution in [-0.2, 0) is 0 Å². The highest BCUT2D eigenvalue weighted by molar-refractivity contribution is 6.03. The minimum Gasteiger partial charge on any atom is -0.372 e. The topological polar surface area (TPSA) is 81.0 Å². The van der Waals surface area contributed by atoms with Gasteiger partial charge in [0.15, 0.2) is 0 Å². The molecule has 2 N–H and O–H groups in total. The first-order valence-electron chi connectivity index (χ1n) is 9.52. The van der Waals surface area contributed by atoms with E-state index in [2.05, 4.69) is 40.4 Å². The highest BCUT2D eigenvalue weighted by Gasteiger charge is 2.09. The molecule has 0 radical (unpaired) electrons. The number of amides is 1. The second-order valence-corrected chi connectivity index (χ2v) is 6.42. The van der Waals surface area contributed by atoms with E-state index in [9.17, 15) is 4.79 Å². The first-order chi connectivity index (χ1) is 14.1. The van der Waals surface area contributed by atoms with Gasteiger partial charge in [-0.3, -0.25) is 4.79 Å². The number of hydrogen-bond acceptors (Lipinski definition) is 5. The number of pyridine rings is 1. The molecule has 0 aliphatic rings. The van der Waals surface area contributed by atoms with Crippen molar-refractivity contribution in [3.63, 3.8) is 0 Å². The van der Waals surface area contributed by atoms with E-state index in [0.717, 1.165) is 35.8 Å². The standard InChI is InChI=1S/C23H23N5O/c1-3-28(4-2)21-11-8-18(9-12-21)27-23(29)22-13-10-20(16-25-22)26-19-7-5-6-17(14-19)15-24/h5-14,16,26H,3-4H2,1-2H3,(H,27,29). The predicted molar refractivity (Wildman–Crippen MR) is 117 cm³/mol. The average Bonchev–Trinajstić information content (AvgIpc) is 2.76. The number of rotatable bonds is 7. The van der Waals surface area contributed by atoms with Crippen LogP contribution >= 0.6 is 0 Å². The Morgan fingerprint density at radius 2 is 1.72 bits per heavy atom. The molecule has 0 aliphatic heterocycles. The van der Waals surface area contributed by atoms with Crippen LogP contribution in [-0.4, -0.2) is 24.0 Å². The third-order valence-corrected chi connectivity index (χ3v) is 4.53. The number of nitrogens with one attached hydrogen (secondary N) is 2. The number of aromatic nitrogens is 1. The van der Waals surface area contributed by atoms with Gasteiger partial charge in [-0.2, -0.15) is 5.26 Å². The Morgan fingerprint density at radius 1 is 1.00 bits per heavy atom. The first-order valence-corrected chi connectivity index (χ1v) is 9.52. The van der Waals surface area contributed by atoms with Crippen LogP contribution in [0.3, 0.4) is 0 Å². The summed E-state index contributed by atoms with van der Waals surface area (Å²) < 4.78 is 0. The van der Waals surface area contributed by atoms with E-state index in [0.29, 0.717) is 11.3 Å². The SMILES string of the molecule is CCN(CC)c1ccc(NC(=O)c2ccc(Nc3cccc(C#N)c3)cn2)cc1. The third kappa shape index (κ3) is 5.11. The molecule has 6 nitrogen and oxygen atoms in total. The van der Waals surface area contributed by atoms with Crippen LogP contribution in [0, 0.1) is 11.3 Å². The Labute approximate surface area is 170 Å². The van der Waals surface area contributed by atoms with E-state index in [1.54, 1.807) is 30.5 Å². The summed E-state index contributed by atoms with van der Waals surface area (Å²) in [4.78, 5) is 18.9. The van der Waals surface area contributed by atoms with E-state index in [1.807, 2.05) is 36.4 Å². The molecule has 3 aromatic rings. The maximum absolute atomic E-state index is 12.5. The number of carbonyl (C=O) groups is 1. The van der Waals surface area contributed by atoms with Crippen LogP contribution in [0.15, 0.2) is 66.9 Å². The van der Waals surface area contributed by atoms with Gasteiger partial charge in [-0.15, -0.1) is 0 Å². The molecule has 0 unspecified atom stereocenters. The van der Waals surface area contributed by atoms with Crippen LogP contribution in [0.4, 0.5) is 22.7 Å². The zero-order chi connectivity index (χ0) is 20.6. The molecule has 146 valence electrons. The lowest BCUT2D eigenvalue weighted by molar-refractivity contribution is 0.102. The van der Waals surface area contributed by atoms with Gasteiger partial charge in [-0.1, -0.05) is 6.07 Å². The van der Waals surface area contributed by atoms with Crippen LogP contribution in [0.25, 0.3) is 0 Å². The second kappa shape index (κ2) is 9.38. The normalized spacial score (nSPS) is 10.1. The Bertz CT molecular complexity index is 1000. The summed E-state index contributed by atoms with van der Waals surface area (Å²) in [5.41, 5.74) is 4.28. The maximum Gasteiger partial charge on any atom is 0.274 e. The molecule has 1 aromatic heterocycles. The minimum absolute atomic E-state index is 0.265. The van der Waals surface area contributed by atoms with Crippen molar-refractivity contribution in [2.75, 3.05) is 28.6 Å². The lowest BCUT2D eigenvalue weighted by Gasteiger charge is -2.21. The predicted octanol–water partition coefficient (Wildman–Crippen LogP) is 4.80. The lowest BCUT2D eigenvalue weighted by Crippen LogP contribution is -2.21. The molecule has 6 heteroatoms. The summed E-state index contributed by atoms with van der Waals surface area (Å²) in [6.07, 6.45) is 1.59. The van der Waals surface area contributed by atoms with Gasteiger partial charge < -0.3 is 15.5 Å². The molecule has 2 aromatic carbocycles. The fourth-order valence-electron chi connectivity index (χ4n) is 2.97. The smallest absolute Gasteiger partial charge is 0.274 e. The van der Waals surface area contributed by atoms with Crippen molar-refractivity contribution in [3.05, 3.63) is 78.1 Å². The molecular weight excluding hydrogens is 362 g/mol. The highest BCUT2D eigenvalue weighted by Crippen LogP contribution is 2.19. The fraction of sp³-hybridized carbons (Fsp3) is 0.174. The van der Waals surface area contributed by atoms with E-state index in [1.165, 1.54) is 0 Å². The van der Waals surface area contributed by atoms with Crippen LogP contribution in [0.1, 0.15) is 29.9 Å². The van der Waals surface area contributed by atoms with E-state index in [-0.39, 0.29) is 5.91 Å². The Kier molecular flexibility index (Phi) is 6.43. The number of hydrogen-bond donors (Lipinski definition) is 2. The summed E-state index contributed by atoms with van der Waals surface area (Å²) >= 11 is 0. The van der Waals surface area contributed by atoms with E-state index < -0.39 is 0 Å². The van der Waals surface area contributed by atoms with E-state index >= 15 is 0 Å². The number of nitriles is 1. The van der Waals surface area contributed by atoms with Gasteiger partial charge in [0.05, 0.1) is 23.5 Å². The van der Waals surface area contributed by atoms with Gasteiger partial charge >= 0.3 is 0 Å². The zero-order valence-corrected chi connectivity index (χ0v) is 16.5. The molecular formula is C23H23N5O. The summed E-state index contributed by atoms with van der Waals surface area (Å²) in [5, 5.41) is 15.0. The second-order valence-electron chi connectivity index (χ2n) is 6.42. The Morgan fingerprint density at radius 3 is 2.34 bits per heavy atom. The van der Waals surface area contributed by atoms with Gasteiger partial charge in [0.1, 0.15) is 5.69 Å². The van der Waals surface area contributed by atoms with E-state index in [4.69, 9.17) is 5.26 Å². The number of benzene rings is 2. The molecule has 0 aliphatic carbocycles. The van der Waals surface area contributed by atoms with Crippen molar-refractivity contribution in [1.29, 1.82) is 5.26 Å². The zero-order valence-electron chi connectivity index (χ0n) is 16.5. The van der Waals surface area contributed by atoms with Crippen molar-refractivity contribution in [2.24, 2.45) is 0 Å². The summed E-state index contributed by atoms with van der Waals surface area (Å²) in [6, 6.07) is 20.5. The maximum atomic E-state index is 12.5. The van der Waals surface area contributed by atoms with Crippen molar-refractivity contribution in [3.8, 4) is 6.07 Å². The number of nitrogens with zero attached hydrogens (tertiary/aromatic N) is 3. The molecule has 0 bridgehead atoms. The molecule has 1 amide bonds. The van der Waals surface area contributed by atoms with Crippen LogP contribution in [0.2, 0.25) is 0 Å². The summed E-state index contributed by atoms with van der Waals surface area (Å²) in [5.74, 6) is -0.265. The average molecular weight is 385 g/mol. The van der Waals surface area contributed by atoms with Crippen molar-refractivity contribution < 1.29 is 4.79 Å². The van der Waals surface area contributed by atoms with Gasteiger partial charge in [0.2, 0.25) is 0 Å². The van der Waals surface area contributed by atoms with Crippen LogP contribution < -0.4 is 15.5 Å². The third-order valence-electron chi connectivity index (χ3n) is 4.53. The highest BCUT2D eigenvalue weighted by atomic mass is 16.1. The Balaban J connectivity index is 1.63. The minimum atomic E-state index is -0.265. The molecule has 0 saturated carbocycles. The van der Waals surface area contributed by atoms with Crippen molar-refractivity contribution in [1.82, 2.24) is 4.98 Å². The summed E-state index contributed by atoms with van der Waals surface area (Å²) in [7, 11) is 0. The fourth-order valence-corrected chi connectivity index (χ4v) is 2.97. The Hall–Kier alpha value is -3.85. The largest absolute Gasteiger partial charge is 0.372 e. The lowest BCUT2D eigenvalue weighted by atomic mass is 10.2. The molecule has 1 heterocycles. The van der Waals surface area contributed by atoms with Crippen molar-refractivity contribution >= 4 is 28.7 Å². The van der Waals surface area contributed by atoms with Gasteiger partial charge in [0.25, 0.3) is 5.91 Å². The van der Waals surface area contributed by atoms with Gasteiger partial charge in [-0.05, 0) is 68.4 Å². The number of anilines is 4. The quantitative estimate of drug-likeness (QED) is 0.611. The number of carbonyl (C=O) groups excluding carboxylic acids is 1. The summed E-state index contributed by atoms with van der Waals surface area (Å²) in [6.45, 7) is 6.11. The first kappa shape index (κ1) is 19.9. The van der Waals surface area contributed by atoms with Gasteiger partial charge in [0, 0.05) is 30.2 Å². The molecule has 3 rings (SSSR count). The molecule has 0 spiro atoms. The molecule has 0 atom stereocenters. The molecule has 0 saturated heterocycles. The monoisotopic (exact) mass is 385 g/mol. The van der Waals surface area contributed by atoms with Gasteiger partial charge in [-0.25, -0.2) is 4.98 Å². The van der Waals surface area contributed by atoms with Crippen LogP contribution in [0.5, 0.6) is 0 Å². The molecule has 29 heavy (non-hydrogen) atoms. The molecule has 0 fully saturated rings. The van der Waals surface area contributed by atoms with Crippen molar-refractivity contribution in [2.45, 2.75) is 13.8 Å².